The highest BCUT2D eigenvalue weighted by atomic mass is 35.5. The number of H-pyrrole nitrogens is 1. The topological polar surface area (TPSA) is 72.7 Å². The molecule has 0 aromatic carbocycles. The highest BCUT2D eigenvalue weighted by Gasteiger charge is 2.05. The third-order valence-electron chi connectivity index (χ3n) is 2.47. The maximum absolute atomic E-state index is 11.5. The number of imidazole rings is 1. The van der Waals surface area contributed by atoms with Crippen molar-refractivity contribution in [1.82, 2.24) is 19.1 Å². The zero-order valence-electron chi connectivity index (χ0n) is 9.18. The minimum absolute atomic E-state index is 0.0493. The van der Waals surface area contributed by atoms with Crippen LogP contribution in [0.3, 0.4) is 0 Å². The average Bonchev–Trinajstić information content (AvgIpc) is 2.62. The first-order chi connectivity index (χ1) is 8.08. The molecular formula is C10H11ClN4O2. The quantitative estimate of drug-likeness (QED) is 0.794. The Balaban J connectivity index is 2.23. The number of hydrogen-bond donors (Lipinski definition) is 1. The molecule has 0 amide bonds. The predicted octanol–water partition coefficient (Wildman–Crippen LogP) is 0.166. The molecule has 0 saturated heterocycles. The summed E-state index contributed by atoms with van der Waals surface area (Å²) in [4.78, 5) is 29.5. The van der Waals surface area contributed by atoms with Gasteiger partial charge in [-0.25, -0.2) is 9.78 Å². The zero-order valence-corrected chi connectivity index (χ0v) is 9.94. The van der Waals surface area contributed by atoms with E-state index in [2.05, 4.69) is 9.97 Å². The minimum Gasteiger partial charge on any atom is -0.338 e. The fourth-order valence-electron chi connectivity index (χ4n) is 1.55. The van der Waals surface area contributed by atoms with E-state index in [1.165, 1.54) is 6.07 Å². The Labute approximate surface area is 101 Å². The van der Waals surface area contributed by atoms with Gasteiger partial charge in [-0.15, -0.1) is 0 Å². The molecule has 2 rings (SSSR count). The van der Waals surface area contributed by atoms with Gasteiger partial charge in [0.25, 0.3) is 5.56 Å². The van der Waals surface area contributed by atoms with Crippen LogP contribution in [0.5, 0.6) is 0 Å². The van der Waals surface area contributed by atoms with Crippen LogP contribution in [0.2, 0.25) is 5.15 Å². The van der Waals surface area contributed by atoms with Gasteiger partial charge in [0.1, 0.15) is 11.0 Å². The summed E-state index contributed by atoms with van der Waals surface area (Å²) in [6.07, 6.45) is 3.99. The van der Waals surface area contributed by atoms with Crippen LogP contribution in [-0.2, 0) is 20.0 Å². The van der Waals surface area contributed by atoms with Crippen LogP contribution in [0.15, 0.2) is 28.0 Å². The van der Waals surface area contributed by atoms with Crippen LogP contribution in [0, 0.1) is 0 Å². The lowest BCUT2D eigenvalue weighted by Gasteiger charge is -2.04. The Morgan fingerprint density at radius 1 is 1.47 bits per heavy atom. The Bertz CT molecular complexity index is 609. The second kappa shape index (κ2) is 4.58. The number of aromatic amines is 1. The summed E-state index contributed by atoms with van der Waals surface area (Å²) >= 11 is 5.56. The molecule has 0 aliphatic carbocycles. The summed E-state index contributed by atoms with van der Waals surface area (Å²) in [5.74, 6) is 0.811. The second-order valence-corrected chi connectivity index (χ2v) is 4.02. The van der Waals surface area contributed by atoms with Gasteiger partial charge in [0, 0.05) is 38.5 Å². The van der Waals surface area contributed by atoms with Crippen molar-refractivity contribution in [2.75, 3.05) is 0 Å². The van der Waals surface area contributed by atoms with Gasteiger partial charge in [-0.05, 0) is 0 Å². The molecule has 17 heavy (non-hydrogen) atoms. The number of nitrogens with one attached hydrogen (secondary N) is 1. The molecule has 0 saturated carbocycles. The maximum Gasteiger partial charge on any atom is 0.329 e. The van der Waals surface area contributed by atoms with Crippen LogP contribution in [0.1, 0.15) is 5.82 Å². The van der Waals surface area contributed by atoms with E-state index in [1.54, 1.807) is 6.20 Å². The summed E-state index contributed by atoms with van der Waals surface area (Å²) in [7, 11) is 1.86. The van der Waals surface area contributed by atoms with E-state index in [0.717, 1.165) is 10.4 Å². The minimum atomic E-state index is -0.503. The monoisotopic (exact) mass is 254 g/mol. The second-order valence-electron chi connectivity index (χ2n) is 3.62. The number of rotatable bonds is 3. The molecule has 0 aliphatic heterocycles. The van der Waals surface area contributed by atoms with Crippen molar-refractivity contribution in [2.45, 2.75) is 13.0 Å². The highest BCUT2D eigenvalue weighted by Crippen LogP contribution is 1.97. The van der Waals surface area contributed by atoms with Crippen molar-refractivity contribution in [1.29, 1.82) is 0 Å². The van der Waals surface area contributed by atoms with Gasteiger partial charge in [-0.1, -0.05) is 11.6 Å². The SMILES string of the molecule is Cn1ccnc1CCn1c(=O)cc(Cl)[nH]c1=O. The molecule has 0 fully saturated rings. The van der Waals surface area contributed by atoms with Gasteiger partial charge < -0.3 is 4.57 Å². The number of hydrogen-bond acceptors (Lipinski definition) is 3. The Morgan fingerprint density at radius 2 is 2.24 bits per heavy atom. The van der Waals surface area contributed by atoms with Crippen LogP contribution >= 0.6 is 11.6 Å². The molecule has 1 N–H and O–H groups in total. The van der Waals surface area contributed by atoms with E-state index in [1.807, 2.05) is 17.8 Å². The first-order valence-corrected chi connectivity index (χ1v) is 5.41. The molecule has 2 aromatic rings. The van der Waals surface area contributed by atoms with Crippen LogP contribution < -0.4 is 11.2 Å². The molecule has 0 unspecified atom stereocenters. The van der Waals surface area contributed by atoms with Gasteiger partial charge in [0.2, 0.25) is 0 Å². The van der Waals surface area contributed by atoms with Crippen molar-refractivity contribution in [2.24, 2.45) is 7.05 Å². The van der Waals surface area contributed by atoms with E-state index in [-0.39, 0.29) is 11.7 Å². The van der Waals surface area contributed by atoms with Crippen molar-refractivity contribution in [3.05, 3.63) is 50.3 Å². The van der Waals surface area contributed by atoms with Crippen molar-refractivity contribution < 1.29 is 0 Å². The van der Waals surface area contributed by atoms with Gasteiger partial charge in [-0.3, -0.25) is 14.3 Å². The number of aromatic nitrogens is 4. The van der Waals surface area contributed by atoms with Gasteiger partial charge in [0.15, 0.2) is 0 Å². The molecule has 0 bridgehead atoms. The normalized spacial score (nSPS) is 10.7. The molecular weight excluding hydrogens is 244 g/mol. The molecule has 0 atom stereocenters. The van der Waals surface area contributed by atoms with E-state index >= 15 is 0 Å². The van der Waals surface area contributed by atoms with E-state index < -0.39 is 11.2 Å². The first kappa shape index (κ1) is 11.7. The average molecular weight is 255 g/mol. The third kappa shape index (κ3) is 2.47. The summed E-state index contributed by atoms with van der Waals surface area (Å²) in [6.45, 7) is 0.274. The van der Waals surface area contributed by atoms with Crippen LogP contribution in [-0.4, -0.2) is 19.1 Å². The van der Waals surface area contributed by atoms with Gasteiger partial charge >= 0.3 is 5.69 Å². The molecule has 7 heteroatoms. The fourth-order valence-corrected chi connectivity index (χ4v) is 1.73. The lowest BCUT2D eigenvalue weighted by atomic mass is 10.4. The van der Waals surface area contributed by atoms with Crippen LogP contribution in [0.4, 0.5) is 0 Å². The molecule has 0 radical (unpaired) electrons. The smallest absolute Gasteiger partial charge is 0.329 e. The van der Waals surface area contributed by atoms with Gasteiger partial charge in [-0.2, -0.15) is 0 Å². The molecule has 0 aliphatic rings. The summed E-state index contributed by atoms with van der Waals surface area (Å²) < 4.78 is 2.94. The van der Waals surface area contributed by atoms with Crippen molar-refractivity contribution in [3.8, 4) is 0 Å². The lowest BCUT2D eigenvalue weighted by Crippen LogP contribution is -2.35. The van der Waals surface area contributed by atoms with Gasteiger partial charge in [0.05, 0.1) is 0 Å². The summed E-state index contributed by atoms with van der Waals surface area (Å²) in [5, 5.41) is 0.0493. The van der Waals surface area contributed by atoms with E-state index in [9.17, 15) is 9.59 Å². The molecule has 90 valence electrons. The molecule has 2 aromatic heterocycles. The van der Waals surface area contributed by atoms with E-state index in [4.69, 9.17) is 11.6 Å². The summed E-state index contributed by atoms with van der Waals surface area (Å²) in [6, 6.07) is 1.18. The Hall–Kier alpha value is -1.82. The first-order valence-electron chi connectivity index (χ1n) is 5.04. The lowest BCUT2D eigenvalue weighted by molar-refractivity contribution is 0.601. The van der Waals surface area contributed by atoms with Crippen molar-refractivity contribution >= 4 is 11.6 Å². The maximum atomic E-state index is 11.5. The predicted molar refractivity (Wildman–Crippen MR) is 63.2 cm³/mol. The van der Waals surface area contributed by atoms with E-state index in [0.29, 0.717) is 6.42 Å². The third-order valence-corrected chi connectivity index (χ3v) is 2.67. The Kier molecular flexibility index (Phi) is 3.14. The number of aryl methyl sites for hydroxylation is 2. The zero-order chi connectivity index (χ0) is 12.4. The summed E-state index contributed by atoms with van der Waals surface area (Å²) in [5.41, 5.74) is -0.912. The largest absolute Gasteiger partial charge is 0.338 e. The standard InChI is InChI=1S/C10H11ClN4O2/c1-14-5-3-12-8(14)2-4-15-9(16)6-7(11)13-10(15)17/h3,5-6H,2,4H2,1H3,(H,13,17). The Morgan fingerprint density at radius 3 is 2.82 bits per heavy atom. The number of halogens is 1. The molecule has 0 spiro atoms. The van der Waals surface area contributed by atoms with Crippen molar-refractivity contribution in [3.63, 3.8) is 0 Å². The number of nitrogens with zero attached hydrogens (tertiary/aromatic N) is 3. The fraction of sp³-hybridized carbons (Fsp3) is 0.300. The molecule has 2 heterocycles. The van der Waals surface area contributed by atoms with Crippen LogP contribution in [0.25, 0.3) is 0 Å². The highest BCUT2D eigenvalue weighted by molar-refractivity contribution is 6.29. The molecule has 6 nitrogen and oxygen atoms in total.